The van der Waals surface area contributed by atoms with Gasteiger partial charge in [-0.1, -0.05) is 45.4 Å². The van der Waals surface area contributed by atoms with Crippen molar-refractivity contribution >= 4 is 0 Å². The van der Waals surface area contributed by atoms with Crippen LogP contribution in [0.25, 0.3) is 0 Å². The second-order valence-electron chi connectivity index (χ2n) is 11.2. The highest BCUT2D eigenvalue weighted by Gasteiger charge is 2.45. The molecule has 4 unspecified atom stereocenters. The Hall–Kier alpha value is -0.140. The van der Waals surface area contributed by atoms with E-state index >= 15 is 0 Å². The predicted octanol–water partition coefficient (Wildman–Crippen LogP) is 8.29. The Morgan fingerprint density at radius 3 is 1.46 bits per heavy atom. The fourth-order valence-electron chi connectivity index (χ4n) is 7.81. The molecule has 0 saturated heterocycles. The van der Waals surface area contributed by atoms with Crippen molar-refractivity contribution in [1.82, 2.24) is 0 Å². The molecule has 4 saturated carbocycles. The Kier molecular flexibility index (Phi) is 7.37. The van der Waals surface area contributed by atoms with Gasteiger partial charge in [0, 0.05) is 0 Å². The van der Waals surface area contributed by atoms with Crippen LogP contribution in [0.15, 0.2) is 0 Å². The first-order valence-corrected chi connectivity index (χ1v) is 12.9. The lowest BCUT2D eigenvalue weighted by atomic mass is 9.66. The molecule has 162 valence electrons. The summed E-state index contributed by atoms with van der Waals surface area (Å²) >= 11 is 0. The summed E-state index contributed by atoms with van der Waals surface area (Å²) in [6, 6.07) is 0. The van der Waals surface area contributed by atoms with Gasteiger partial charge in [0.25, 0.3) is 0 Å². The standard InChI is InChI=1S/C26H44F2/c1-2-3-4-5-18-6-8-19(9-7-18)20-10-12-21(13-11-20)22-14-23-16-25(27)26(28)17-24(23)15-22/h18-26H,2-17H2,1H3. The van der Waals surface area contributed by atoms with Gasteiger partial charge < -0.3 is 0 Å². The molecule has 0 aromatic heterocycles. The van der Waals surface area contributed by atoms with Crippen LogP contribution in [0.2, 0.25) is 0 Å². The van der Waals surface area contributed by atoms with Gasteiger partial charge in [-0.3, -0.25) is 0 Å². The third-order valence-electron chi connectivity index (χ3n) is 9.58. The zero-order valence-corrected chi connectivity index (χ0v) is 18.3. The van der Waals surface area contributed by atoms with E-state index in [1.807, 2.05) is 0 Å². The fourth-order valence-corrected chi connectivity index (χ4v) is 7.81. The van der Waals surface area contributed by atoms with Crippen molar-refractivity contribution in [2.24, 2.45) is 41.4 Å². The highest BCUT2D eigenvalue weighted by molar-refractivity contribution is 4.95. The lowest BCUT2D eigenvalue weighted by Crippen LogP contribution is -2.31. The van der Waals surface area contributed by atoms with Crippen LogP contribution < -0.4 is 0 Å². The van der Waals surface area contributed by atoms with Crippen LogP contribution in [0.3, 0.4) is 0 Å². The molecule has 4 fully saturated rings. The molecule has 0 aliphatic heterocycles. The van der Waals surface area contributed by atoms with Crippen molar-refractivity contribution in [3.8, 4) is 0 Å². The number of alkyl halides is 2. The Morgan fingerprint density at radius 2 is 0.964 bits per heavy atom. The Balaban J connectivity index is 1.18. The SMILES string of the molecule is CCCCCC1CCC(C2CCC(C3CC4CC(F)C(F)CC4C3)CC2)CC1. The molecule has 0 spiro atoms. The zero-order chi connectivity index (χ0) is 19.5. The minimum atomic E-state index is -1.17. The summed E-state index contributed by atoms with van der Waals surface area (Å²) in [5, 5.41) is 0. The van der Waals surface area contributed by atoms with Crippen LogP contribution in [-0.4, -0.2) is 12.3 Å². The van der Waals surface area contributed by atoms with Gasteiger partial charge in [-0.25, -0.2) is 8.78 Å². The lowest BCUT2D eigenvalue weighted by Gasteiger charge is -2.39. The predicted molar refractivity (Wildman–Crippen MR) is 114 cm³/mol. The number of unbranched alkanes of at least 4 members (excludes halogenated alkanes) is 2. The summed E-state index contributed by atoms with van der Waals surface area (Å²) in [5.41, 5.74) is 0. The molecule has 4 atom stereocenters. The van der Waals surface area contributed by atoms with Gasteiger partial charge in [0.05, 0.1) is 0 Å². The zero-order valence-electron chi connectivity index (χ0n) is 18.3. The molecule has 0 aromatic rings. The smallest absolute Gasteiger partial charge is 0.131 e. The quantitative estimate of drug-likeness (QED) is 0.397. The first-order valence-electron chi connectivity index (χ1n) is 12.9. The van der Waals surface area contributed by atoms with E-state index in [9.17, 15) is 8.78 Å². The largest absolute Gasteiger partial charge is 0.244 e. The van der Waals surface area contributed by atoms with Crippen LogP contribution in [0.5, 0.6) is 0 Å². The van der Waals surface area contributed by atoms with Crippen molar-refractivity contribution in [3.05, 3.63) is 0 Å². The van der Waals surface area contributed by atoms with Crippen molar-refractivity contribution in [1.29, 1.82) is 0 Å². The second-order valence-corrected chi connectivity index (χ2v) is 11.2. The Labute approximate surface area is 172 Å². The molecular formula is C26H44F2. The van der Waals surface area contributed by atoms with E-state index in [0.29, 0.717) is 24.7 Å². The van der Waals surface area contributed by atoms with Gasteiger partial charge in [-0.05, 0) is 106 Å². The summed E-state index contributed by atoms with van der Waals surface area (Å²) < 4.78 is 27.6. The maximum atomic E-state index is 13.8. The third-order valence-corrected chi connectivity index (χ3v) is 9.58. The average Bonchev–Trinajstić information content (AvgIpc) is 3.12. The van der Waals surface area contributed by atoms with Crippen molar-refractivity contribution in [2.45, 2.75) is 122 Å². The van der Waals surface area contributed by atoms with E-state index in [2.05, 4.69) is 6.92 Å². The van der Waals surface area contributed by atoms with E-state index in [1.54, 1.807) is 0 Å². The molecule has 28 heavy (non-hydrogen) atoms. The van der Waals surface area contributed by atoms with Crippen molar-refractivity contribution in [3.63, 3.8) is 0 Å². The maximum absolute atomic E-state index is 13.8. The molecule has 0 N–H and O–H groups in total. The molecule has 0 nitrogen and oxygen atoms in total. The summed E-state index contributed by atoms with van der Waals surface area (Å²) in [6.45, 7) is 2.31. The summed E-state index contributed by atoms with van der Waals surface area (Å²) in [4.78, 5) is 0. The molecule has 0 heterocycles. The van der Waals surface area contributed by atoms with Gasteiger partial charge in [-0.15, -0.1) is 0 Å². The van der Waals surface area contributed by atoms with Crippen LogP contribution in [0.1, 0.15) is 110 Å². The van der Waals surface area contributed by atoms with Gasteiger partial charge in [0.15, 0.2) is 0 Å². The first kappa shape index (κ1) is 21.1. The van der Waals surface area contributed by atoms with E-state index in [-0.39, 0.29) is 0 Å². The van der Waals surface area contributed by atoms with Crippen molar-refractivity contribution in [2.75, 3.05) is 0 Å². The van der Waals surface area contributed by atoms with E-state index in [1.165, 1.54) is 89.9 Å². The Bertz CT molecular complexity index is 443. The van der Waals surface area contributed by atoms with Gasteiger partial charge >= 0.3 is 0 Å². The van der Waals surface area contributed by atoms with Crippen LogP contribution in [0.4, 0.5) is 8.78 Å². The van der Waals surface area contributed by atoms with Gasteiger partial charge in [0.2, 0.25) is 0 Å². The second kappa shape index (κ2) is 9.78. The third kappa shape index (κ3) is 4.94. The van der Waals surface area contributed by atoms with E-state index in [4.69, 9.17) is 0 Å². The number of hydrogen-bond donors (Lipinski definition) is 0. The normalized spacial score (nSPS) is 47.0. The Morgan fingerprint density at radius 1 is 0.536 bits per heavy atom. The topological polar surface area (TPSA) is 0 Å². The molecular weight excluding hydrogens is 350 g/mol. The number of halogens is 2. The minimum absolute atomic E-state index is 0.493. The minimum Gasteiger partial charge on any atom is -0.244 e. The monoisotopic (exact) mass is 394 g/mol. The first-order chi connectivity index (χ1) is 13.6. The highest BCUT2D eigenvalue weighted by atomic mass is 19.2. The molecule has 0 radical (unpaired) electrons. The molecule has 4 rings (SSSR count). The van der Waals surface area contributed by atoms with Crippen LogP contribution in [0, 0.1) is 41.4 Å². The average molecular weight is 395 g/mol. The summed E-state index contributed by atoms with van der Waals surface area (Å²) in [6.07, 6.45) is 18.5. The van der Waals surface area contributed by atoms with Crippen LogP contribution in [-0.2, 0) is 0 Å². The fraction of sp³-hybridized carbons (Fsp3) is 1.00. The van der Waals surface area contributed by atoms with E-state index in [0.717, 1.165) is 29.6 Å². The molecule has 4 aliphatic rings. The summed E-state index contributed by atoms with van der Waals surface area (Å²) in [7, 11) is 0. The highest BCUT2D eigenvalue weighted by Crippen LogP contribution is 2.52. The molecule has 0 amide bonds. The molecule has 0 bridgehead atoms. The number of fused-ring (bicyclic) bond motifs is 1. The van der Waals surface area contributed by atoms with E-state index < -0.39 is 12.3 Å². The molecule has 4 aliphatic carbocycles. The van der Waals surface area contributed by atoms with Gasteiger partial charge in [-0.2, -0.15) is 0 Å². The molecule has 2 heteroatoms. The number of hydrogen-bond acceptors (Lipinski definition) is 0. The van der Waals surface area contributed by atoms with Crippen molar-refractivity contribution < 1.29 is 8.78 Å². The maximum Gasteiger partial charge on any atom is 0.131 e. The van der Waals surface area contributed by atoms with Crippen LogP contribution >= 0.6 is 0 Å². The molecule has 0 aromatic carbocycles. The van der Waals surface area contributed by atoms with Gasteiger partial charge in [0.1, 0.15) is 12.3 Å². The number of rotatable bonds is 6. The lowest BCUT2D eigenvalue weighted by molar-refractivity contribution is 0.0628. The summed E-state index contributed by atoms with van der Waals surface area (Å²) in [5.74, 6) is 5.65.